The van der Waals surface area contributed by atoms with Crippen molar-refractivity contribution in [1.82, 2.24) is 9.88 Å². The van der Waals surface area contributed by atoms with E-state index in [0.29, 0.717) is 0 Å². The van der Waals surface area contributed by atoms with Gasteiger partial charge in [-0.05, 0) is 43.2 Å². The van der Waals surface area contributed by atoms with Crippen LogP contribution in [0.25, 0.3) is 0 Å². The summed E-state index contributed by atoms with van der Waals surface area (Å²) in [4.78, 5) is 6.81. The minimum Gasteiger partial charge on any atom is -0.506 e. The Bertz CT molecular complexity index is 364. The molecule has 3 heteroatoms. The predicted octanol–water partition coefficient (Wildman–Crippen LogP) is 2.41. The molecule has 0 radical (unpaired) electrons. The number of aromatic hydroxyl groups is 1. The standard InChI is InChI=1S/C14H20N2O/c17-14-5-4-13(15-7-14)10-16-8-11-2-1-3-12(6-11)9-16/h4-5,7,11-12,17H,1-3,6,8-10H2. The molecule has 1 N–H and O–H groups in total. The van der Waals surface area contributed by atoms with E-state index in [1.165, 1.54) is 38.8 Å². The number of likely N-dealkylation sites (tertiary alicyclic amines) is 1. The van der Waals surface area contributed by atoms with Gasteiger partial charge in [0.15, 0.2) is 0 Å². The van der Waals surface area contributed by atoms with Gasteiger partial charge in [-0.3, -0.25) is 9.88 Å². The minimum atomic E-state index is 0.254. The predicted molar refractivity (Wildman–Crippen MR) is 66.6 cm³/mol. The SMILES string of the molecule is Oc1ccc(CN2CC3CCCC(C3)C2)nc1. The Morgan fingerprint density at radius 3 is 2.65 bits per heavy atom. The maximum atomic E-state index is 9.22. The smallest absolute Gasteiger partial charge is 0.133 e. The van der Waals surface area contributed by atoms with E-state index < -0.39 is 0 Å². The number of fused-ring (bicyclic) bond motifs is 2. The monoisotopic (exact) mass is 232 g/mol. The number of hydrogen-bond acceptors (Lipinski definition) is 3. The Labute approximate surface area is 102 Å². The van der Waals surface area contributed by atoms with Gasteiger partial charge in [-0.25, -0.2) is 0 Å². The fourth-order valence-corrected chi connectivity index (χ4v) is 3.41. The maximum Gasteiger partial charge on any atom is 0.133 e. The Kier molecular flexibility index (Phi) is 3.02. The van der Waals surface area contributed by atoms with Crippen LogP contribution in [-0.2, 0) is 6.54 Å². The summed E-state index contributed by atoms with van der Waals surface area (Å²) in [6.07, 6.45) is 7.24. The number of rotatable bonds is 2. The van der Waals surface area contributed by atoms with Crippen LogP contribution in [0.3, 0.4) is 0 Å². The highest BCUT2D eigenvalue weighted by atomic mass is 16.3. The first kappa shape index (κ1) is 11.0. The average Bonchev–Trinajstić information content (AvgIpc) is 2.32. The van der Waals surface area contributed by atoms with E-state index in [1.807, 2.05) is 6.07 Å². The van der Waals surface area contributed by atoms with Crippen molar-refractivity contribution in [2.24, 2.45) is 11.8 Å². The molecule has 3 nitrogen and oxygen atoms in total. The second-order valence-electron chi connectivity index (χ2n) is 5.60. The minimum absolute atomic E-state index is 0.254. The molecule has 0 aromatic carbocycles. The Morgan fingerprint density at radius 1 is 1.24 bits per heavy atom. The van der Waals surface area contributed by atoms with Crippen molar-refractivity contribution >= 4 is 0 Å². The molecule has 2 atom stereocenters. The molecule has 1 aliphatic carbocycles. The first-order valence-electron chi connectivity index (χ1n) is 6.66. The molecule has 0 amide bonds. The quantitative estimate of drug-likeness (QED) is 0.850. The van der Waals surface area contributed by atoms with Crippen LogP contribution in [0.1, 0.15) is 31.4 Å². The van der Waals surface area contributed by atoms with Crippen molar-refractivity contribution in [3.63, 3.8) is 0 Å². The van der Waals surface area contributed by atoms with Crippen LogP contribution in [0.4, 0.5) is 0 Å². The van der Waals surface area contributed by atoms with Crippen LogP contribution in [0, 0.1) is 11.8 Å². The van der Waals surface area contributed by atoms with E-state index in [0.717, 1.165) is 24.1 Å². The van der Waals surface area contributed by atoms with Crippen molar-refractivity contribution in [2.75, 3.05) is 13.1 Å². The summed E-state index contributed by atoms with van der Waals surface area (Å²) in [5.74, 6) is 2.09. The van der Waals surface area contributed by atoms with Crippen molar-refractivity contribution in [3.05, 3.63) is 24.0 Å². The molecule has 2 heterocycles. The highest BCUT2D eigenvalue weighted by Gasteiger charge is 2.30. The zero-order valence-corrected chi connectivity index (χ0v) is 10.2. The second kappa shape index (κ2) is 4.65. The molecule has 92 valence electrons. The molecule has 1 saturated carbocycles. The summed E-state index contributed by atoms with van der Waals surface area (Å²) >= 11 is 0. The summed E-state index contributed by atoms with van der Waals surface area (Å²) in [6, 6.07) is 3.66. The van der Waals surface area contributed by atoms with Gasteiger partial charge in [-0.15, -0.1) is 0 Å². The Balaban J connectivity index is 1.63. The summed E-state index contributed by atoms with van der Waals surface area (Å²) < 4.78 is 0. The second-order valence-corrected chi connectivity index (χ2v) is 5.60. The molecular weight excluding hydrogens is 212 g/mol. The molecule has 17 heavy (non-hydrogen) atoms. The molecule has 1 aromatic heterocycles. The van der Waals surface area contributed by atoms with Gasteiger partial charge in [0.25, 0.3) is 0 Å². The van der Waals surface area contributed by atoms with Crippen LogP contribution in [0.2, 0.25) is 0 Å². The average molecular weight is 232 g/mol. The lowest BCUT2D eigenvalue weighted by Gasteiger charge is -2.41. The number of piperidine rings is 1. The lowest BCUT2D eigenvalue weighted by Crippen LogP contribution is -2.42. The molecule has 2 fully saturated rings. The zero-order valence-electron chi connectivity index (χ0n) is 10.2. The number of pyridine rings is 1. The van der Waals surface area contributed by atoms with Gasteiger partial charge in [0, 0.05) is 19.6 Å². The lowest BCUT2D eigenvalue weighted by atomic mass is 9.78. The third-order valence-corrected chi connectivity index (χ3v) is 4.12. The summed E-state index contributed by atoms with van der Waals surface area (Å²) in [7, 11) is 0. The molecule has 1 aliphatic heterocycles. The van der Waals surface area contributed by atoms with Crippen LogP contribution in [-0.4, -0.2) is 28.1 Å². The fourth-order valence-electron chi connectivity index (χ4n) is 3.41. The molecule has 3 rings (SSSR count). The summed E-state index contributed by atoms with van der Waals surface area (Å²) in [5.41, 5.74) is 1.07. The molecule has 1 aromatic rings. The lowest BCUT2D eigenvalue weighted by molar-refractivity contribution is 0.0798. The van der Waals surface area contributed by atoms with E-state index in [1.54, 1.807) is 12.3 Å². The van der Waals surface area contributed by atoms with Crippen molar-refractivity contribution in [3.8, 4) is 5.75 Å². The van der Waals surface area contributed by atoms with Gasteiger partial charge in [0.1, 0.15) is 5.75 Å². The third-order valence-electron chi connectivity index (χ3n) is 4.12. The first-order chi connectivity index (χ1) is 8.29. The maximum absolute atomic E-state index is 9.22. The van der Waals surface area contributed by atoms with Crippen molar-refractivity contribution in [1.29, 1.82) is 0 Å². The summed E-state index contributed by atoms with van der Waals surface area (Å²) in [6.45, 7) is 3.41. The normalized spacial score (nSPS) is 29.2. The van der Waals surface area contributed by atoms with Crippen molar-refractivity contribution in [2.45, 2.75) is 32.2 Å². The van der Waals surface area contributed by atoms with E-state index in [-0.39, 0.29) is 5.75 Å². The van der Waals surface area contributed by atoms with Crippen LogP contribution < -0.4 is 0 Å². The molecule has 1 saturated heterocycles. The number of nitrogens with zero attached hydrogens (tertiary/aromatic N) is 2. The molecule has 0 spiro atoms. The Morgan fingerprint density at radius 2 is 2.00 bits per heavy atom. The van der Waals surface area contributed by atoms with E-state index in [2.05, 4.69) is 9.88 Å². The van der Waals surface area contributed by atoms with Gasteiger partial charge >= 0.3 is 0 Å². The van der Waals surface area contributed by atoms with Crippen LogP contribution in [0.5, 0.6) is 5.75 Å². The van der Waals surface area contributed by atoms with Crippen LogP contribution >= 0.6 is 0 Å². The van der Waals surface area contributed by atoms with Gasteiger partial charge in [-0.1, -0.05) is 6.42 Å². The van der Waals surface area contributed by atoms with Crippen molar-refractivity contribution < 1.29 is 5.11 Å². The van der Waals surface area contributed by atoms with Gasteiger partial charge in [0.2, 0.25) is 0 Å². The zero-order chi connectivity index (χ0) is 11.7. The molecule has 2 unspecified atom stereocenters. The number of hydrogen-bond donors (Lipinski definition) is 1. The van der Waals surface area contributed by atoms with Gasteiger partial charge in [-0.2, -0.15) is 0 Å². The highest BCUT2D eigenvalue weighted by Crippen LogP contribution is 2.34. The molecule has 2 bridgehead atoms. The first-order valence-corrected chi connectivity index (χ1v) is 6.66. The van der Waals surface area contributed by atoms with Gasteiger partial charge in [0.05, 0.1) is 11.9 Å². The Hall–Kier alpha value is -1.09. The number of aromatic nitrogens is 1. The van der Waals surface area contributed by atoms with E-state index in [9.17, 15) is 5.11 Å². The van der Waals surface area contributed by atoms with E-state index in [4.69, 9.17) is 0 Å². The molecular formula is C14H20N2O. The molecule has 2 aliphatic rings. The largest absolute Gasteiger partial charge is 0.506 e. The topological polar surface area (TPSA) is 36.4 Å². The van der Waals surface area contributed by atoms with E-state index >= 15 is 0 Å². The van der Waals surface area contributed by atoms with Gasteiger partial charge < -0.3 is 5.11 Å². The highest BCUT2D eigenvalue weighted by molar-refractivity contribution is 5.17. The van der Waals surface area contributed by atoms with Crippen LogP contribution in [0.15, 0.2) is 18.3 Å². The fraction of sp³-hybridized carbons (Fsp3) is 0.643. The summed E-state index contributed by atoms with van der Waals surface area (Å²) in [5, 5.41) is 9.22. The third kappa shape index (κ3) is 2.60.